The number of halogens is 1. The minimum absolute atomic E-state index is 0.473. The largest absolute Gasteiger partial charge is 0.347 e. The van der Waals surface area contributed by atoms with Crippen LogP contribution >= 0.6 is 22.9 Å². The van der Waals surface area contributed by atoms with Gasteiger partial charge in [0.2, 0.25) is 0 Å². The molecule has 4 rings (SSSR count). The van der Waals surface area contributed by atoms with E-state index in [9.17, 15) is 0 Å². The molecule has 1 aliphatic carbocycles. The predicted molar refractivity (Wildman–Crippen MR) is 88.1 cm³/mol. The van der Waals surface area contributed by atoms with E-state index in [1.54, 1.807) is 11.3 Å². The molecule has 1 aliphatic rings. The Kier molecular flexibility index (Phi) is 3.28. The smallest absolute Gasteiger partial charge is 0.159 e. The number of aromatic nitrogens is 2. The number of fused-ring (bicyclic) bond motifs is 1. The van der Waals surface area contributed by atoms with Gasteiger partial charge in [0, 0.05) is 23.4 Å². The lowest BCUT2D eigenvalue weighted by Gasteiger charge is -2.24. The lowest BCUT2D eigenvalue weighted by Crippen LogP contribution is -2.26. The van der Waals surface area contributed by atoms with Crippen molar-refractivity contribution in [2.75, 3.05) is 4.90 Å². The van der Waals surface area contributed by atoms with E-state index in [2.05, 4.69) is 38.0 Å². The predicted octanol–water partition coefficient (Wildman–Crippen LogP) is 4.51. The van der Waals surface area contributed by atoms with E-state index in [1.807, 2.05) is 18.2 Å². The topological polar surface area (TPSA) is 29.0 Å². The number of nitrogens with zero attached hydrogens (tertiary/aromatic N) is 3. The summed E-state index contributed by atoms with van der Waals surface area (Å²) in [6.07, 6.45) is 2.45. The summed E-state index contributed by atoms with van der Waals surface area (Å²) in [6.45, 7) is 0.883. The van der Waals surface area contributed by atoms with Crippen molar-refractivity contribution in [2.45, 2.75) is 25.4 Å². The molecule has 0 N–H and O–H groups in total. The molecule has 0 amide bonds. The summed E-state index contributed by atoms with van der Waals surface area (Å²) >= 11 is 7.91. The Hall–Kier alpha value is -1.65. The first kappa shape index (κ1) is 13.0. The van der Waals surface area contributed by atoms with Gasteiger partial charge in [0.25, 0.3) is 0 Å². The summed E-state index contributed by atoms with van der Waals surface area (Å²) in [4.78, 5) is 2.37. The molecule has 0 unspecified atom stereocenters. The highest BCUT2D eigenvalue weighted by atomic mass is 35.5. The van der Waals surface area contributed by atoms with Crippen LogP contribution in [0.5, 0.6) is 0 Å². The zero-order chi connectivity index (χ0) is 14.2. The number of anilines is 1. The average molecular weight is 316 g/mol. The number of rotatable bonds is 4. The van der Waals surface area contributed by atoms with Crippen molar-refractivity contribution >= 4 is 39.5 Å². The lowest BCUT2D eigenvalue weighted by molar-refractivity contribution is 0.772. The Morgan fingerprint density at radius 1 is 1.14 bits per heavy atom. The third-order valence-electron chi connectivity index (χ3n) is 3.82. The molecule has 2 heterocycles. The Morgan fingerprint density at radius 3 is 2.67 bits per heavy atom. The molecule has 0 radical (unpaired) electrons. The summed E-state index contributed by atoms with van der Waals surface area (Å²) in [5, 5.41) is 15.4. The Morgan fingerprint density at radius 2 is 1.95 bits per heavy atom. The number of thiophene rings is 1. The third kappa shape index (κ3) is 2.49. The van der Waals surface area contributed by atoms with Gasteiger partial charge in [0.15, 0.2) is 11.0 Å². The van der Waals surface area contributed by atoms with Crippen molar-refractivity contribution in [3.63, 3.8) is 0 Å². The van der Waals surface area contributed by atoms with Crippen molar-refractivity contribution in [1.29, 1.82) is 0 Å². The summed E-state index contributed by atoms with van der Waals surface area (Å²) < 4.78 is 0. The van der Waals surface area contributed by atoms with Crippen LogP contribution in [0.15, 0.2) is 41.1 Å². The van der Waals surface area contributed by atoms with Crippen LogP contribution in [0.3, 0.4) is 0 Å². The van der Waals surface area contributed by atoms with Gasteiger partial charge < -0.3 is 4.90 Å². The standard InChI is InChI=1S/C16H14ClN3S/c17-15-13-3-1-2-4-14(13)16(19-18-15)20(12-5-6-12)9-11-7-8-21-10-11/h1-4,7-8,10,12H,5-6,9H2. The molecule has 3 aromatic rings. The average Bonchev–Trinajstić information content (AvgIpc) is 3.23. The van der Waals surface area contributed by atoms with Crippen LogP contribution in [-0.4, -0.2) is 16.2 Å². The maximum absolute atomic E-state index is 6.18. The second kappa shape index (κ2) is 5.28. The normalized spacial score (nSPS) is 14.5. The quantitative estimate of drug-likeness (QED) is 0.709. The first-order chi connectivity index (χ1) is 10.3. The van der Waals surface area contributed by atoms with Gasteiger partial charge >= 0.3 is 0 Å². The minimum atomic E-state index is 0.473. The molecule has 3 nitrogen and oxygen atoms in total. The summed E-state index contributed by atoms with van der Waals surface area (Å²) in [5.41, 5.74) is 1.33. The van der Waals surface area contributed by atoms with Crippen LogP contribution in [0.4, 0.5) is 5.82 Å². The molecule has 21 heavy (non-hydrogen) atoms. The molecule has 106 valence electrons. The molecule has 5 heteroatoms. The molecule has 1 aromatic carbocycles. The monoisotopic (exact) mass is 315 g/mol. The van der Waals surface area contributed by atoms with Crippen molar-refractivity contribution in [3.05, 3.63) is 51.8 Å². The zero-order valence-corrected chi connectivity index (χ0v) is 12.9. The molecule has 0 aliphatic heterocycles. The molecule has 1 saturated carbocycles. The number of hydrogen-bond acceptors (Lipinski definition) is 4. The molecular formula is C16H14ClN3S. The van der Waals surface area contributed by atoms with Crippen LogP contribution in [0.25, 0.3) is 10.8 Å². The maximum atomic E-state index is 6.18. The first-order valence-corrected chi connectivity index (χ1v) is 8.33. The Labute approximate surface area is 132 Å². The number of hydrogen-bond donors (Lipinski definition) is 0. The molecule has 2 aromatic heterocycles. The number of benzene rings is 1. The van der Waals surface area contributed by atoms with Crippen LogP contribution in [0.2, 0.25) is 5.15 Å². The summed E-state index contributed by atoms with van der Waals surface area (Å²) in [7, 11) is 0. The summed E-state index contributed by atoms with van der Waals surface area (Å²) in [6, 6.07) is 10.8. The minimum Gasteiger partial charge on any atom is -0.347 e. The van der Waals surface area contributed by atoms with Crippen molar-refractivity contribution in [3.8, 4) is 0 Å². The molecule has 0 saturated heterocycles. The van der Waals surface area contributed by atoms with E-state index in [-0.39, 0.29) is 0 Å². The van der Waals surface area contributed by atoms with Crippen LogP contribution in [0.1, 0.15) is 18.4 Å². The molecule has 0 spiro atoms. The summed E-state index contributed by atoms with van der Waals surface area (Å²) in [5.74, 6) is 0.948. The van der Waals surface area contributed by atoms with Gasteiger partial charge in [-0.15, -0.1) is 10.2 Å². The molecule has 0 atom stereocenters. The van der Waals surface area contributed by atoms with Crippen molar-refractivity contribution < 1.29 is 0 Å². The van der Waals surface area contributed by atoms with E-state index < -0.39 is 0 Å². The van der Waals surface area contributed by atoms with Crippen LogP contribution < -0.4 is 4.90 Å². The Balaban J connectivity index is 1.81. The first-order valence-electron chi connectivity index (χ1n) is 7.01. The van der Waals surface area contributed by atoms with Crippen molar-refractivity contribution in [2.24, 2.45) is 0 Å². The second-order valence-electron chi connectivity index (χ2n) is 5.35. The fraction of sp³-hybridized carbons (Fsp3) is 0.250. The van der Waals surface area contributed by atoms with Gasteiger partial charge in [-0.2, -0.15) is 11.3 Å². The fourth-order valence-electron chi connectivity index (χ4n) is 2.61. The lowest BCUT2D eigenvalue weighted by atomic mass is 10.1. The maximum Gasteiger partial charge on any atom is 0.159 e. The fourth-order valence-corrected chi connectivity index (χ4v) is 3.47. The highest BCUT2D eigenvalue weighted by molar-refractivity contribution is 7.07. The van der Waals surface area contributed by atoms with E-state index in [0.717, 1.165) is 23.1 Å². The van der Waals surface area contributed by atoms with Gasteiger partial charge in [-0.1, -0.05) is 35.9 Å². The van der Waals surface area contributed by atoms with Gasteiger partial charge in [0.05, 0.1) is 0 Å². The highest BCUT2D eigenvalue weighted by Gasteiger charge is 2.31. The van der Waals surface area contributed by atoms with Crippen molar-refractivity contribution in [1.82, 2.24) is 10.2 Å². The van der Waals surface area contributed by atoms with E-state index in [4.69, 9.17) is 11.6 Å². The van der Waals surface area contributed by atoms with Gasteiger partial charge in [-0.3, -0.25) is 0 Å². The Bertz CT molecular complexity index is 768. The van der Waals surface area contributed by atoms with Gasteiger partial charge in [-0.25, -0.2) is 0 Å². The second-order valence-corrected chi connectivity index (χ2v) is 6.49. The van der Waals surface area contributed by atoms with E-state index in [0.29, 0.717) is 11.2 Å². The molecule has 0 bridgehead atoms. The third-order valence-corrected chi connectivity index (χ3v) is 4.83. The van der Waals surface area contributed by atoms with Gasteiger partial charge in [-0.05, 0) is 35.2 Å². The van der Waals surface area contributed by atoms with Crippen LogP contribution in [0, 0.1) is 0 Å². The highest BCUT2D eigenvalue weighted by Crippen LogP contribution is 2.36. The van der Waals surface area contributed by atoms with E-state index >= 15 is 0 Å². The van der Waals surface area contributed by atoms with Crippen LogP contribution in [-0.2, 0) is 6.54 Å². The zero-order valence-electron chi connectivity index (χ0n) is 11.4. The molecular weight excluding hydrogens is 302 g/mol. The SMILES string of the molecule is Clc1nnc(N(Cc2ccsc2)C2CC2)c2ccccc12. The van der Waals surface area contributed by atoms with E-state index in [1.165, 1.54) is 18.4 Å². The van der Waals surface area contributed by atoms with Gasteiger partial charge in [0.1, 0.15) is 0 Å². The molecule has 1 fully saturated rings.